The molecule has 94 valence electrons. The first-order valence-electron chi connectivity index (χ1n) is 5.54. The molecule has 1 aromatic rings. The minimum atomic E-state index is -3.39. The predicted octanol–water partition coefficient (Wildman–Crippen LogP) is 2.49. The van der Waals surface area contributed by atoms with Crippen molar-refractivity contribution >= 4 is 13.3 Å². The molecule has 0 saturated carbocycles. The van der Waals surface area contributed by atoms with E-state index in [4.69, 9.17) is 5.11 Å². The van der Waals surface area contributed by atoms with Crippen LogP contribution < -0.4 is 0 Å². The van der Waals surface area contributed by atoms with Crippen LogP contribution in [0.4, 0.5) is 0 Å². The maximum absolute atomic E-state index is 11.8. The van der Waals surface area contributed by atoms with Crippen molar-refractivity contribution < 1.29 is 19.4 Å². The molecule has 0 amide bonds. The fourth-order valence-electron chi connectivity index (χ4n) is 1.67. The van der Waals surface area contributed by atoms with Gasteiger partial charge in [0, 0.05) is 12.3 Å². The average Bonchev–Trinajstić information content (AvgIpc) is 2.27. The van der Waals surface area contributed by atoms with Gasteiger partial charge in [-0.25, -0.2) is 0 Å². The largest absolute Gasteiger partial charge is 0.481 e. The molecule has 5 heteroatoms. The summed E-state index contributed by atoms with van der Waals surface area (Å²) in [6.45, 7) is 1.98. The van der Waals surface area contributed by atoms with E-state index in [0.29, 0.717) is 0 Å². The summed E-state index contributed by atoms with van der Waals surface area (Å²) in [7, 11) is -3.39. The van der Waals surface area contributed by atoms with Gasteiger partial charge in [-0.3, -0.25) is 9.36 Å². The SMILES string of the molecule is CCc1ccccc1CP(=O)(O)CCC(=O)O. The number of aryl methyl sites for hydroxylation is 1. The monoisotopic (exact) mass is 256 g/mol. The third-order valence-corrected chi connectivity index (χ3v) is 4.35. The van der Waals surface area contributed by atoms with Crippen LogP contribution in [0.3, 0.4) is 0 Å². The predicted molar refractivity (Wildman–Crippen MR) is 66.5 cm³/mol. The number of carbonyl (C=O) groups is 1. The highest BCUT2D eigenvalue weighted by molar-refractivity contribution is 7.57. The molecule has 17 heavy (non-hydrogen) atoms. The van der Waals surface area contributed by atoms with Gasteiger partial charge in [0.05, 0.1) is 6.42 Å². The number of benzene rings is 1. The highest BCUT2D eigenvalue weighted by atomic mass is 31.2. The van der Waals surface area contributed by atoms with Gasteiger partial charge >= 0.3 is 5.97 Å². The molecule has 0 fully saturated rings. The van der Waals surface area contributed by atoms with Gasteiger partial charge in [0.25, 0.3) is 0 Å². The van der Waals surface area contributed by atoms with E-state index in [1.165, 1.54) is 0 Å². The van der Waals surface area contributed by atoms with Gasteiger partial charge in [-0.05, 0) is 17.5 Å². The Balaban J connectivity index is 2.75. The maximum atomic E-state index is 11.8. The number of hydrogen-bond acceptors (Lipinski definition) is 2. The Kier molecular flexibility index (Phi) is 4.91. The van der Waals surface area contributed by atoms with Crippen LogP contribution in [-0.4, -0.2) is 22.1 Å². The molecule has 2 N–H and O–H groups in total. The van der Waals surface area contributed by atoms with Crippen LogP contribution in [0.25, 0.3) is 0 Å². The molecule has 0 saturated heterocycles. The van der Waals surface area contributed by atoms with Gasteiger partial charge in [0.2, 0.25) is 7.37 Å². The van der Waals surface area contributed by atoms with Gasteiger partial charge in [-0.15, -0.1) is 0 Å². The number of rotatable bonds is 6. The van der Waals surface area contributed by atoms with Gasteiger partial charge in [0.1, 0.15) is 0 Å². The molecule has 0 spiro atoms. The third kappa shape index (κ3) is 4.72. The molecular formula is C12H17O4P. The van der Waals surface area contributed by atoms with E-state index in [9.17, 15) is 14.3 Å². The summed E-state index contributed by atoms with van der Waals surface area (Å²) >= 11 is 0. The zero-order valence-corrected chi connectivity index (χ0v) is 10.7. The Morgan fingerprint density at radius 3 is 2.41 bits per heavy atom. The molecule has 4 nitrogen and oxygen atoms in total. The Bertz CT molecular complexity index is 442. The van der Waals surface area contributed by atoms with Crippen LogP contribution in [0.1, 0.15) is 24.5 Å². The Morgan fingerprint density at radius 2 is 1.88 bits per heavy atom. The van der Waals surface area contributed by atoms with Crippen molar-refractivity contribution in [2.75, 3.05) is 6.16 Å². The normalized spacial score (nSPS) is 14.2. The first kappa shape index (κ1) is 13.9. The lowest BCUT2D eigenvalue weighted by Crippen LogP contribution is -2.02. The molecule has 0 aromatic heterocycles. The first-order chi connectivity index (χ1) is 7.94. The fourth-order valence-corrected chi connectivity index (χ4v) is 3.21. The quantitative estimate of drug-likeness (QED) is 0.767. The maximum Gasteiger partial charge on any atom is 0.303 e. The molecule has 1 unspecified atom stereocenters. The van der Waals surface area contributed by atoms with Crippen molar-refractivity contribution in [3.8, 4) is 0 Å². The van der Waals surface area contributed by atoms with E-state index in [1.54, 1.807) is 0 Å². The molecule has 0 aliphatic rings. The van der Waals surface area contributed by atoms with Crippen LogP contribution in [0.2, 0.25) is 0 Å². The highest BCUT2D eigenvalue weighted by Crippen LogP contribution is 2.45. The molecule has 0 bridgehead atoms. The lowest BCUT2D eigenvalue weighted by molar-refractivity contribution is -0.136. The van der Waals surface area contributed by atoms with E-state index in [0.717, 1.165) is 17.5 Å². The standard InChI is InChI=1S/C12H17O4P/c1-2-10-5-3-4-6-11(10)9-17(15,16)8-7-12(13)14/h3-6H,2,7-9H2,1H3,(H,13,14)(H,15,16). The van der Waals surface area contributed by atoms with Gasteiger partial charge in [-0.1, -0.05) is 31.2 Å². The number of carboxylic acids is 1. The van der Waals surface area contributed by atoms with Crippen molar-refractivity contribution in [2.45, 2.75) is 25.9 Å². The number of carboxylic acid groups (broad SMARTS) is 1. The highest BCUT2D eigenvalue weighted by Gasteiger charge is 2.21. The van der Waals surface area contributed by atoms with E-state index in [1.807, 2.05) is 31.2 Å². The number of hydrogen-bond donors (Lipinski definition) is 2. The Hall–Kier alpha value is -1.12. The third-order valence-electron chi connectivity index (χ3n) is 2.59. The molecular weight excluding hydrogens is 239 g/mol. The van der Waals surface area contributed by atoms with Gasteiger partial charge < -0.3 is 10.00 Å². The van der Waals surface area contributed by atoms with Crippen LogP contribution in [-0.2, 0) is 21.9 Å². The molecule has 0 heterocycles. The molecule has 1 aromatic carbocycles. The molecule has 0 aliphatic carbocycles. The van der Waals surface area contributed by atoms with Gasteiger partial charge in [0.15, 0.2) is 0 Å². The van der Waals surface area contributed by atoms with Crippen molar-refractivity contribution in [3.05, 3.63) is 35.4 Å². The van der Waals surface area contributed by atoms with Crippen LogP contribution >= 0.6 is 7.37 Å². The van der Waals surface area contributed by atoms with Gasteiger partial charge in [-0.2, -0.15) is 0 Å². The van der Waals surface area contributed by atoms with E-state index in [2.05, 4.69) is 0 Å². The summed E-state index contributed by atoms with van der Waals surface area (Å²) < 4.78 is 11.8. The zero-order valence-electron chi connectivity index (χ0n) is 9.80. The van der Waals surface area contributed by atoms with Crippen molar-refractivity contribution in [1.82, 2.24) is 0 Å². The zero-order chi connectivity index (χ0) is 12.9. The summed E-state index contributed by atoms with van der Waals surface area (Å²) in [5, 5.41) is 8.51. The molecule has 0 aliphatic heterocycles. The summed E-state index contributed by atoms with van der Waals surface area (Å²) in [6.07, 6.45) is 0.432. The van der Waals surface area contributed by atoms with E-state index >= 15 is 0 Å². The first-order valence-corrected chi connectivity index (χ1v) is 7.57. The molecule has 1 atom stereocenters. The minimum absolute atomic E-state index is 0.0598. The second-order valence-corrected chi connectivity index (χ2v) is 6.45. The molecule has 1 rings (SSSR count). The summed E-state index contributed by atoms with van der Waals surface area (Å²) in [5.41, 5.74) is 1.88. The van der Waals surface area contributed by atoms with Crippen LogP contribution in [0, 0.1) is 0 Å². The number of aliphatic carboxylic acids is 1. The summed E-state index contributed by atoms with van der Waals surface area (Å²) in [5.74, 6) is -1.04. The molecule has 0 radical (unpaired) electrons. The smallest absolute Gasteiger partial charge is 0.303 e. The second kappa shape index (κ2) is 5.99. The fraction of sp³-hybridized carbons (Fsp3) is 0.417. The summed E-state index contributed by atoms with van der Waals surface area (Å²) in [6, 6.07) is 7.46. The van der Waals surface area contributed by atoms with Crippen molar-refractivity contribution in [1.29, 1.82) is 0 Å². The van der Waals surface area contributed by atoms with E-state index < -0.39 is 13.3 Å². The van der Waals surface area contributed by atoms with Crippen LogP contribution in [0.15, 0.2) is 24.3 Å². The second-order valence-electron chi connectivity index (χ2n) is 3.99. The average molecular weight is 256 g/mol. The minimum Gasteiger partial charge on any atom is -0.481 e. The lowest BCUT2D eigenvalue weighted by Gasteiger charge is -2.13. The van der Waals surface area contributed by atoms with E-state index in [-0.39, 0.29) is 18.7 Å². The Labute approximate surface area is 101 Å². The van der Waals surface area contributed by atoms with Crippen LogP contribution in [0.5, 0.6) is 0 Å². The van der Waals surface area contributed by atoms with Crippen molar-refractivity contribution in [2.24, 2.45) is 0 Å². The Morgan fingerprint density at radius 1 is 1.29 bits per heavy atom. The van der Waals surface area contributed by atoms with Crippen molar-refractivity contribution in [3.63, 3.8) is 0 Å². The summed E-state index contributed by atoms with van der Waals surface area (Å²) in [4.78, 5) is 20.1. The lowest BCUT2D eigenvalue weighted by atomic mass is 10.1. The topological polar surface area (TPSA) is 74.6 Å².